The van der Waals surface area contributed by atoms with Gasteiger partial charge in [0.25, 0.3) is 0 Å². The first-order valence-corrected chi connectivity index (χ1v) is 5.07. The Hall–Kier alpha value is -1.08. The minimum atomic E-state index is -0.00274. The molecule has 14 heavy (non-hydrogen) atoms. The summed E-state index contributed by atoms with van der Waals surface area (Å²) in [5.41, 5.74) is 0. The molecule has 0 saturated carbocycles. The zero-order valence-electron chi connectivity index (χ0n) is 8.97. The van der Waals surface area contributed by atoms with Crippen LogP contribution in [0, 0.1) is 17.2 Å². The van der Waals surface area contributed by atoms with E-state index in [0.717, 1.165) is 13.0 Å². The minimum Gasteiger partial charge on any atom is -0.356 e. The van der Waals surface area contributed by atoms with E-state index in [9.17, 15) is 4.79 Å². The van der Waals surface area contributed by atoms with Crippen molar-refractivity contribution in [2.75, 3.05) is 19.6 Å². The quantitative estimate of drug-likeness (QED) is 0.589. The van der Waals surface area contributed by atoms with Gasteiger partial charge in [0.2, 0.25) is 5.91 Å². The first-order chi connectivity index (χ1) is 6.72. The van der Waals surface area contributed by atoms with Crippen LogP contribution in [0.4, 0.5) is 0 Å². The Bertz CT molecular complexity index is 198. The summed E-state index contributed by atoms with van der Waals surface area (Å²) in [7, 11) is 0. The summed E-state index contributed by atoms with van der Waals surface area (Å²) in [6, 6.07) is 2.04. The van der Waals surface area contributed by atoms with E-state index >= 15 is 0 Å². The Morgan fingerprint density at radius 2 is 2.29 bits per heavy atom. The van der Waals surface area contributed by atoms with Gasteiger partial charge >= 0.3 is 0 Å². The van der Waals surface area contributed by atoms with E-state index in [0.29, 0.717) is 19.5 Å². The fourth-order valence-electron chi connectivity index (χ4n) is 1.01. The molecule has 0 bridgehead atoms. The molecule has 0 rings (SSSR count). The number of hydrogen-bond donors (Lipinski definition) is 2. The van der Waals surface area contributed by atoms with Crippen LogP contribution in [0.3, 0.4) is 0 Å². The van der Waals surface area contributed by atoms with Crippen molar-refractivity contribution in [3.8, 4) is 6.07 Å². The summed E-state index contributed by atoms with van der Waals surface area (Å²) in [6.07, 6.45) is 1.23. The Kier molecular flexibility index (Phi) is 7.86. The van der Waals surface area contributed by atoms with Crippen molar-refractivity contribution in [2.24, 2.45) is 5.92 Å². The normalized spacial score (nSPS) is 11.8. The third kappa shape index (κ3) is 6.44. The van der Waals surface area contributed by atoms with Crippen LogP contribution < -0.4 is 10.6 Å². The molecule has 1 unspecified atom stereocenters. The predicted octanol–water partition coefficient (Wildman–Crippen LogP) is 0.652. The molecule has 0 aliphatic rings. The number of carbonyl (C=O) groups excluding carboxylic acids is 1. The molecule has 0 fully saturated rings. The molecule has 0 aromatic rings. The van der Waals surface area contributed by atoms with Crippen molar-refractivity contribution in [2.45, 2.75) is 26.7 Å². The molecule has 0 aromatic heterocycles. The lowest BCUT2D eigenvalue weighted by Crippen LogP contribution is -2.35. The van der Waals surface area contributed by atoms with E-state index in [-0.39, 0.29) is 11.8 Å². The number of hydrogen-bond acceptors (Lipinski definition) is 3. The molecule has 4 nitrogen and oxygen atoms in total. The standard InChI is InChI=1S/C10H19N3O/c1-3-12-8-9(2)10(14)13-7-5-4-6-11/h9,12H,3-5,7-8H2,1-2H3,(H,13,14). The van der Waals surface area contributed by atoms with Crippen molar-refractivity contribution < 1.29 is 4.79 Å². The largest absolute Gasteiger partial charge is 0.356 e. The van der Waals surface area contributed by atoms with Crippen LogP contribution in [0.5, 0.6) is 0 Å². The van der Waals surface area contributed by atoms with Crippen molar-refractivity contribution in [3.05, 3.63) is 0 Å². The van der Waals surface area contributed by atoms with Crippen LogP contribution in [0.15, 0.2) is 0 Å². The van der Waals surface area contributed by atoms with Gasteiger partial charge in [-0.3, -0.25) is 4.79 Å². The Balaban J connectivity index is 3.47. The molecular formula is C10H19N3O. The molecule has 0 aliphatic heterocycles. The van der Waals surface area contributed by atoms with E-state index in [1.54, 1.807) is 0 Å². The number of unbranched alkanes of at least 4 members (excludes halogenated alkanes) is 1. The van der Waals surface area contributed by atoms with Crippen LogP contribution in [-0.4, -0.2) is 25.5 Å². The molecule has 0 aliphatic carbocycles. The highest BCUT2D eigenvalue weighted by molar-refractivity contribution is 5.78. The van der Waals surface area contributed by atoms with Gasteiger partial charge in [0.15, 0.2) is 0 Å². The highest BCUT2D eigenvalue weighted by Crippen LogP contribution is 1.92. The zero-order valence-corrected chi connectivity index (χ0v) is 8.97. The Morgan fingerprint density at radius 3 is 2.86 bits per heavy atom. The summed E-state index contributed by atoms with van der Waals surface area (Å²) < 4.78 is 0. The monoisotopic (exact) mass is 197 g/mol. The Morgan fingerprint density at radius 1 is 1.57 bits per heavy atom. The van der Waals surface area contributed by atoms with Crippen LogP contribution in [-0.2, 0) is 4.79 Å². The van der Waals surface area contributed by atoms with Gasteiger partial charge in [-0.2, -0.15) is 5.26 Å². The van der Waals surface area contributed by atoms with Crippen LogP contribution >= 0.6 is 0 Å². The molecule has 80 valence electrons. The van der Waals surface area contributed by atoms with Gasteiger partial charge in [0.1, 0.15) is 0 Å². The maximum absolute atomic E-state index is 11.4. The topological polar surface area (TPSA) is 64.9 Å². The molecule has 0 heterocycles. The van der Waals surface area contributed by atoms with Gasteiger partial charge in [-0.25, -0.2) is 0 Å². The number of amides is 1. The average molecular weight is 197 g/mol. The van der Waals surface area contributed by atoms with E-state index in [4.69, 9.17) is 5.26 Å². The summed E-state index contributed by atoms with van der Waals surface area (Å²) in [5, 5.41) is 14.2. The summed E-state index contributed by atoms with van der Waals surface area (Å²) >= 11 is 0. The van der Waals surface area contributed by atoms with Gasteiger partial charge < -0.3 is 10.6 Å². The third-order valence-electron chi connectivity index (χ3n) is 1.91. The molecule has 0 aromatic carbocycles. The molecule has 2 N–H and O–H groups in total. The van der Waals surface area contributed by atoms with E-state index < -0.39 is 0 Å². The lowest BCUT2D eigenvalue weighted by atomic mass is 10.1. The Labute approximate surface area is 85.7 Å². The van der Waals surface area contributed by atoms with Gasteiger partial charge in [0, 0.05) is 25.4 Å². The molecule has 0 spiro atoms. The molecule has 1 amide bonds. The van der Waals surface area contributed by atoms with Crippen LogP contribution in [0.1, 0.15) is 26.7 Å². The van der Waals surface area contributed by atoms with Crippen LogP contribution in [0.25, 0.3) is 0 Å². The number of nitrogens with zero attached hydrogens (tertiary/aromatic N) is 1. The van der Waals surface area contributed by atoms with Gasteiger partial charge in [-0.05, 0) is 13.0 Å². The second-order valence-corrected chi connectivity index (χ2v) is 3.26. The smallest absolute Gasteiger partial charge is 0.224 e. The van der Waals surface area contributed by atoms with Crippen molar-refractivity contribution in [1.82, 2.24) is 10.6 Å². The van der Waals surface area contributed by atoms with Crippen molar-refractivity contribution in [1.29, 1.82) is 5.26 Å². The number of nitriles is 1. The first-order valence-electron chi connectivity index (χ1n) is 5.07. The average Bonchev–Trinajstić information content (AvgIpc) is 2.20. The first kappa shape index (κ1) is 12.9. The number of nitrogens with one attached hydrogen (secondary N) is 2. The maximum Gasteiger partial charge on any atom is 0.224 e. The lowest BCUT2D eigenvalue weighted by Gasteiger charge is -2.11. The number of carbonyl (C=O) groups is 1. The van der Waals surface area contributed by atoms with E-state index in [1.165, 1.54) is 0 Å². The maximum atomic E-state index is 11.4. The fourth-order valence-corrected chi connectivity index (χ4v) is 1.01. The minimum absolute atomic E-state index is 0.00274. The lowest BCUT2D eigenvalue weighted by molar-refractivity contribution is -0.124. The molecule has 1 atom stereocenters. The van der Waals surface area contributed by atoms with E-state index in [2.05, 4.69) is 10.6 Å². The molecule has 0 saturated heterocycles. The van der Waals surface area contributed by atoms with E-state index in [1.807, 2.05) is 19.9 Å². The second kappa shape index (κ2) is 8.52. The molecule has 0 radical (unpaired) electrons. The molecular weight excluding hydrogens is 178 g/mol. The van der Waals surface area contributed by atoms with Gasteiger partial charge in [-0.15, -0.1) is 0 Å². The van der Waals surface area contributed by atoms with Crippen LogP contribution in [0.2, 0.25) is 0 Å². The SMILES string of the molecule is CCNCC(C)C(=O)NCCCC#N. The van der Waals surface area contributed by atoms with Crippen molar-refractivity contribution in [3.63, 3.8) is 0 Å². The third-order valence-corrected chi connectivity index (χ3v) is 1.91. The zero-order chi connectivity index (χ0) is 10.8. The fraction of sp³-hybridized carbons (Fsp3) is 0.800. The van der Waals surface area contributed by atoms with Gasteiger partial charge in [-0.1, -0.05) is 13.8 Å². The molecule has 4 heteroatoms. The number of rotatable bonds is 7. The van der Waals surface area contributed by atoms with Crippen molar-refractivity contribution >= 4 is 5.91 Å². The summed E-state index contributed by atoms with van der Waals surface area (Å²) in [5.74, 6) is 0.0564. The highest BCUT2D eigenvalue weighted by Gasteiger charge is 2.10. The summed E-state index contributed by atoms with van der Waals surface area (Å²) in [4.78, 5) is 11.4. The van der Waals surface area contributed by atoms with Gasteiger partial charge in [0.05, 0.1) is 6.07 Å². The highest BCUT2D eigenvalue weighted by atomic mass is 16.1. The second-order valence-electron chi connectivity index (χ2n) is 3.26. The summed E-state index contributed by atoms with van der Waals surface area (Å²) in [6.45, 7) is 6.09. The predicted molar refractivity (Wildman–Crippen MR) is 55.6 cm³/mol.